The molecule has 8 nitrogen and oxygen atoms in total. The van der Waals surface area contributed by atoms with Gasteiger partial charge in [0.15, 0.2) is 0 Å². The van der Waals surface area contributed by atoms with Crippen molar-refractivity contribution in [3.63, 3.8) is 0 Å². The molecule has 2 heterocycles. The highest BCUT2D eigenvalue weighted by Crippen LogP contribution is 2.33. The minimum Gasteiger partial charge on any atom is -0.465 e. The Hall–Kier alpha value is -4.11. The molecule has 0 radical (unpaired) electrons. The van der Waals surface area contributed by atoms with E-state index in [4.69, 9.17) is 4.42 Å². The summed E-state index contributed by atoms with van der Waals surface area (Å²) in [6.07, 6.45) is 1.46. The Balaban J connectivity index is 1.44. The summed E-state index contributed by atoms with van der Waals surface area (Å²) in [7, 11) is 1.31. The van der Waals surface area contributed by atoms with Crippen molar-refractivity contribution in [2.75, 3.05) is 19.0 Å². The van der Waals surface area contributed by atoms with E-state index in [1.807, 2.05) is 6.07 Å². The van der Waals surface area contributed by atoms with E-state index in [9.17, 15) is 19.2 Å². The minimum absolute atomic E-state index is 0.162. The Morgan fingerprint density at radius 2 is 1.76 bits per heavy atom. The number of hydrogen-bond donors (Lipinski definition) is 1. The molecule has 9 heteroatoms. The number of nitrogens with one attached hydrogen (secondary N) is 1. The SMILES string of the molecule is COC(=O)c1ccc(-c2ccc(/C=C3\SC(=O)N(CC(=O)Nc4ccccc4)C3=O)o2)cc1. The fourth-order valence-corrected chi connectivity index (χ4v) is 3.92. The van der Waals surface area contributed by atoms with Crippen molar-refractivity contribution in [2.24, 2.45) is 0 Å². The van der Waals surface area contributed by atoms with Gasteiger partial charge in [-0.1, -0.05) is 30.3 Å². The highest BCUT2D eigenvalue weighted by molar-refractivity contribution is 8.18. The van der Waals surface area contributed by atoms with Gasteiger partial charge in [0.25, 0.3) is 11.1 Å². The maximum absolute atomic E-state index is 12.7. The molecule has 0 atom stereocenters. The van der Waals surface area contributed by atoms with Crippen molar-refractivity contribution >= 4 is 46.5 Å². The van der Waals surface area contributed by atoms with Gasteiger partial charge in [-0.2, -0.15) is 0 Å². The van der Waals surface area contributed by atoms with Crippen molar-refractivity contribution in [1.82, 2.24) is 4.90 Å². The fourth-order valence-electron chi connectivity index (χ4n) is 3.11. The number of hydrogen-bond acceptors (Lipinski definition) is 7. The maximum atomic E-state index is 12.7. The zero-order chi connectivity index (χ0) is 23.4. The van der Waals surface area contributed by atoms with E-state index in [1.165, 1.54) is 13.2 Å². The highest BCUT2D eigenvalue weighted by atomic mass is 32.2. The zero-order valence-electron chi connectivity index (χ0n) is 17.4. The molecule has 1 N–H and O–H groups in total. The van der Waals surface area contributed by atoms with Crippen LogP contribution in [0.3, 0.4) is 0 Å². The molecule has 1 aliphatic rings. The van der Waals surface area contributed by atoms with Crippen LogP contribution in [0.1, 0.15) is 16.1 Å². The Bertz CT molecular complexity index is 1250. The molecule has 0 bridgehead atoms. The fraction of sp³-hybridized carbons (Fsp3) is 0.0833. The molecule has 33 heavy (non-hydrogen) atoms. The number of amides is 3. The van der Waals surface area contributed by atoms with Crippen molar-refractivity contribution < 1.29 is 28.3 Å². The second-order valence-electron chi connectivity index (χ2n) is 6.95. The molecular formula is C24H18N2O6S. The van der Waals surface area contributed by atoms with Crippen LogP contribution in [0.4, 0.5) is 10.5 Å². The normalized spacial score (nSPS) is 14.6. The van der Waals surface area contributed by atoms with Crippen molar-refractivity contribution in [1.29, 1.82) is 0 Å². The van der Waals surface area contributed by atoms with Gasteiger partial charge in [-0.3, -0.25) is 19.3 Å². The van der Waals surface area contributed by atoms with Gasteiger partial charge in [0.1, 0.15) is 18.1 Å². The summed E-state index contributed by atoms with van der Waals surface area (Å²) < 4.78 is 10.5. The number of imide groups is 1. The molecule has 1 aliphatic heterocycles. The lowest BCUT2D eigenvalue weighted by Gasteiger charge is -2.12. The van der Waals surface area contributed by atoms with Gasteiger partial charge in [-0.15, -0.1) is 0 Å². The lowest BCUT2D eigenvalue weighted by molar-refractivity contribution is -0.127. The van der Waals surface area contributed by atoms with E-state index in [2.05, 4.69) is 10.1 Å². The lowest BCUT2D eigenvalue weighted by atomic mass is 10.1. The largest absolute Gasteiger partial charge is 0.465 e. The van der Waals surface area contributed by atoms with Gasteiger partial charge in [0.05, 0.1) is 17.6 Å². The summed E-state index contributed by atoms with van der Waals surface area (Å²) in [4.78, 5) is 49.8. The molecule has 3 aromatic rings. The first-order valence-electron chi connectivity index (χ1n) is 9.83. The van der Waals surface area contributed by atoms with Gasteiger partial charge in [-0.25, -0.2) is 4.79 Å². The average molecular weight is 462 g/mol. The van der Waals surface area contributed by atoms with Gasteiger partial charge in [-0.05, 0) is 48.2 Å². The topological polar surface area (TPSA) is 106 Å². The number of anilines is 1. The van der Waals surface area contributed by atoms with E-state index in [-0.39, 0.29) is 11.4 Å². The van der Waals surface area contributed by atoms with E-state index < -0.39 is 23.0 Å². The number of benzene rings is 2. The summed E-state index contributed by atoms with van der Waals surface area (Å²) in [6.45, 7) is -0.382. The molecule has 1 aromatic heterocycles. The molecule has 1 fully saturated rings. The van der Waals surface area contributed by atoms with Crippen LogP contribution in [0.25, 0.3) is 17.4 Å². The van der Waals surface area contributed by atoms with Crippen LogP contribution in [0.2, 0.25) is 0 Å². The first-order valence-corrected chi connectivity index (χ1v) is 10.6. The minimum atomic E-state index is -0.561. The summed E-state index contributed by atoms with van der Waals surface area (Å²) in [5.74, 6) is -0.565. The number of ether oxygens (including phenoxy) is 1. The number of esters is 1. The van der Waals surface area contributed by atoms with Gasteiger partial charge in [0, 0.05) is 17.3 Å². The maximum Gasteiger partial charge on any atom is 0.337 e. The number of furan rings is 1. The third kappa shape index (κ3) is 5.04. The number of carbonyl (C=O) groups is 4. The second kappa shape index (κ2) is 9.58. The quantitative estimate of drug-likeness (QED) is 0.427. The third-order valence-corrected chi connectivity index (χ3v) is 5.63. The van der Waals surface area contributed by atoms with E-state index >= 15 is 0 Å². The predicted octanol–water partition coefficient (Wildman–Crippen LogP) is 4.41. The Morgan fingerprint density at radius 3 is 2.45 bits per heavy atom. The molecule has 3 amide bonds. The van der Waals surface area contributed by atoms with Crippen molar-refractivity contribution in [3.8, 4) is 11.3 Å². The predicted molar refractivity (Wildman–Crippen MR) is 123 cm³/mol. The highest BCUT2D eigenvalue weighted by Gasteiger charge is 2.36. The zero-order valence-corrected chi connectivity index (χ0v) is 18.3. The van der Waals surface area contributed by atoms with Crippen molar-refractivity contribution in [2.45, 2.75) is 0 Å². The van der Waals surface area contributed by atoms with Gasteiger partial charge in [0.2, 0.25) is 5.91 Å². The number of nitrogens with zero attached hydrogens (tertiary/aromatic N) is 1. The van der Waals surface area contributed by atoms with Crippen LogP contribution < -0.4 is 5.32 Å². The third-order valence-electron chi connectivity index (χ3n) is 4.72. The van der Waals surface area contributed by atoms with Crippen LogP contribution in [-0.4, -0.2) is 41.6 Å². The van der Waals surface area contributed by atoms with Crippen LogP contribution in [0, 0.1) is 0 Å². The first kappa shape index (κ1) is 22.1. The molecule has 1 saturated heterocycles. The number of methoxy groups -OCH3 is 1. The van der Waals surface area contributed by atoms with E-state index in [1.54, 1.807) is 60.7 Å². The van der Waals surface area contributed by atoms with Gasteiger partial charge >= 0.3 is 5.97 Å². The molecule has 0 spiro atoms. The van der Waals surface area contributed by atoms with Crippen LogP contribution in [0.5, 0.6) is 0 Å². The van der Waals surface area contributed by atoms with Gasteiger partial charge < -0.3 is 14.5 Å². The number of carbonyl (C=O) groups excluding carboxylic acids is 4. The standard InChI is InChI=1S/C24H18N2O6S/c1-31-23(29)16-9-7-15(8-10-16)19-12-11-18(32-19)13-20-22(28)26(24(30)33-20)14-21(27)25-17-5-3-2-4-6-17/h2-13H,14H2,1H3,(H,25,27)/b20-13-. The molecule has 166 valence electrons. The molecule has 0 unspecified atom stereocenters. The smallest absolute Gasteiger partial charge is 0.337 e. The molecule has 2 aromatic carbocycles. The molecule has 0 aliphatic carbocycles. The Labute approximate surface area is 193 Å². The van der Waals surface area contributed by atoms with Crippen LogP contribution in [-0.2, 0) is 14.3 Å². The van der Waals surface area contributed by atoms with Crippen molar-refractivity contribution in [3.05, 3.63) is 83.0 Å². The molecule has 4 rings (SSSR count). The second-order valence-corrected chi connectivity index (χ2v) is 7.95. The summed E-state index contributed by atoms with van der Waals surface area (Å²) >= 11 is 0.745. The Morgan fingerprint density at radius 1 is 1.03 bits per heavy atom. The first-order chi connectivity index (χ1) is 15.9. The molecule has 0 saturated carbocycles. The monoisotopic (exact) mass is 462 g/mol. The summed E-state index contributed by atoms with van der Waals surface area (Å²) in [6, 6.07) is 18.8. The summed E-state index contributed by atoms with van der Waals surface area (Å²) in [5, 5.41) is 2.12. The lowest BCUT2D eigenvalue weighted by Crippen LogP contribution is -2.36. The molecular weight excluding hydrogens is 444 g/mol. The van der Waals surface area contributed by atoms with Crippen LogP contribution >= 0.6 is 11.8 Å². The number of rotatable bonds is 6. The van der Waals surface area contributed by atoms with E-state index in [0.29, 0.717) is 22.8 Å². The summed E-state index contributed by atoms with van der Waals surface area (Å²) in [5.41, 5.74) is 1.72. The number of para-hydroxylation sites is 1. The Kier molecular flexibility index (Phi) is 6.41. The van der Waals surface area contributed by atoms with Crippen LogP contribution in [0.15, 0.2) is 76.1 Å². The van der Waals surface area contributed by atoms with E-state index in [0.717, 1.165) is 22.2 Å². The average Bonchev–Trinajstić information content (AvgIpc) is 3.39. The number of thioether (sulfide) groups is 1.